The van der Waals surface area contributed by atoms with Crippen LogP contribution in [0.5, 0.6) is 5.75 Å². The normalized spacial score (nSPS) is 31.8. The Morgan fingerprint density at radius 2 is 1.97 bits per heavy atom. The van der Waals surface area contributed by atoms with Gasteiger partial charge in [0.1, 0.15) is 17.9 Å². The molecular weight excluding hydrogens is 432 g/mol. The number of carbonyl (C=O) groups is 3. The maximum atomic E-state index is 13.0. The van der Waals surface area contributed by atoms with E-state index in [1.54, 1.807) is 4.90 Å². The Morgan fingerprint density at radius 3 is 2.71 bits per heavy atom. The zero-order valence-electron chi connectivity index (χ0n) is 20.3. The van der Waals surface area contributed by atoms with Crippen molar-refractivity contribution in [3.05, 3.63) is 29.3 Å². The standard InChI is InChI=1S/C27H36N2O5/c1-3-17(11-16-12-20(13-16)33-2)21-5-4-6-24(21)34-19-7-8-22-18(14-19)15-29(27(22)32)23-9-10-25(30)28-26(23)31/h7-8,14,16-17,20-21,23-24H,3-6,9-13,15H2,1-2H3,(H,28,30,31)/t16-,17?,20-,21-,23?,24+/m1/s1. The summed E-state index contributed by atoms with van der Waals surface area (Å²) < 4.78 is 12.0. The average Bonchev–Trinajstić information content (AvgIpc) is 3.37. The SMILES string of the molecule is CCC(C[C@H]1C[C@H](OC)C1)[C@H]1CCC[C@@H]1Oc1ccc2c(c1)CN(C1CCC(=O)NC1=O)C2=O. The fourth-order valence-electron chi connectivity index (χ4n) is 6.57. The number of hydrogen-bond acceptors (Lipinski definition) is 5. The smallest absolute Gasteiger partial charge is 0.255 e. The number of rotatable bonds is 8. The van der Waals surface area contributed by atoms with Crippen molar-refractivity contribution in [1.29, 1.82) is 0 Å². The van der Waals surface area contributed by atoms with Crippen LogP contribution in [0.2, 0.25) is 0 Å². The summed E-state index contributed by atoms with van der Waals surface area (Å²) in [6, 6.07) is 5.12. The molecule has 2 heterocycles. The van der Waals surface area contributed by atoms with E-state index in [1.807, 2.05) is 25.3 Å². The number of nitrogens with zero attached hydrogens (tertiary/aromatic N) is 1. The molecule has 0 bridgehead atoms. The van der Waals surface area contributed by atoms with E-state index in [0.29, 0.717) is 36.5 Å². The second-order valence-electron chi connectivity index (χ2n) is 10.6. The number of nitrogens with one attached hydrogen (secondary N) is 1. The summed E-state index contributed by atoms with van der Waals surface area (Å²) in [7, 11) is 1.81. The fourth-order valence-corrected chi connectivity index (χ4v) is 6.57. The Bertz CT molecular complexity index is 956. The van der Waals surface area contributed by atoms with Gasteiger partial charge in [0.2, 0.25) is 11.8 Å². The van der Waals surface area contributed by atoms with Crippen molar-refractivity contribution in [2.24, 2.45) is 17.8 Å². The van der Waals surface area contributed by atoms with Gasteiger partial charge in [-0.15, -0.1) is 0 Å². The minimum atomic E-state index is -0.587. The molecule has 2 saturated carbocycles. The molecule has 2 aliphatic carbocycles. The Labute approximate surface area is 201 Å². The van der Waals surface area contributed by atoms with E-state index in [9.17, 15) is 14.4 Å². The van der Waals surface area contributed by atoms with Gasteiger partial charge >= 0.3 is 0 Å². The molecule has 0 spiro atoms. The van der Waals surface area contributed by atoms with Gasteiger partial charge in [0, 0.05) is 25.6 Å². The van der Waals surface area contributed by atoms with E-state index in [0.717, 1.165) is 23.7 Å². The van der Waals surface area contributed by atoms with Crippen LogP contribution in [-0.2, 0) is 20.9 Å². The lowest BCUT2D eigenvalue weighted by Gasteiger charge is -2.38. The molecule has 2 unspecified atom stereocenters. The molecule has 1 aromatic carbocycles. The van der Waals surface area contributed by atoms with E-state index < -0.39 is 6.04 Å². The third-order valence-corrected chi connectivity index (χ3v) is 8.58. The van der Waals surface area contributed by atoms with E-state index in [2.05, 4.69) is 12.2 Å². The summed E-state index contributed by atoms with van der Waals surface area (Å²) in [5.41, 5.74) is 1.53. The van der Waals surface area contributed by atoms with E-state index in [-0.39, 0.29) is 30.2 Å². The Hall–Kier alpha value is -2.41. The van der Waals surface area contributed by atoms with Gasteiger partial charge < -0.3 is 14.4 Å². The van der Waals surface area contributed by atoms with Gasteiger partial charge in [-0.05, 0) is 86.5 Å². The lowest BCUT2D eigenvalue weighted by Crippen LogP contribution is -2.52. The molecule has 0 radical (unpaired) electrons. The first-order valence-electron chi connectivity index (χ1n) is 12.9. The molecule has 7 nitrogen and oxygen atoms in total. The van der Waals surface area contributed by atoms with Crippen LogP contribution in [0.1, 0.15) is 80.6 Å². The summed E-state index contributed by atoms with van der Waals surface area (Å²) in [5, 5.41) is 2.36. The monoisotopic (exact) mass is 468 g/mol. The van der Waals surface area contributed by atoms with Crippen LogP contribution in [0.4, 0.5) is 0 Å². The minimum Gasteiger partial charge on any atom is -0.490 e. The Morgan fingerprint density at radius 1 is 1.15 bits per heavy atom. The van der Waals surface area contributed by atoms with Gasteiger partial charge in [-0.25, -0.2) is 0 Å². The molecule has 3 amide bonds. The number of methoxy groups -OCH3 is 1. The summed E-state index contributed by atoms with van der Waals surface area (Å²) in [5.74, 6) is 2.04. The van der Waals surface area contributed by atoms with Gasteiger partial charge in [-0.1, -0.05) is 13.3 Å². The average molecular weight is 469 g/mol. The minimum absolute atomic E-state index is 0.143. The van der Waals surface area contributed by atoms with Crippen molar-refractivity contribution in [3.63, 3.8) is 0 Å². The highest BCUT2D eigenvalue weighted by Crippen LogP contribution is 2.43. The highest BCUT2D eigenvalue weighted by Gasteiger charge is 2.40. The quantitative estimate of drug-likeness (QED) is 0.586. The van der Waals surface area contributed by atoms with Crippen molar-refractivity contribution < 1.29 is 23.9 Å². The van der Waals surface area contributed by atoms with Gasteiger partial charge in [0.05, 0.1) is 6.10 Å². The molecule has 1 N–H and O–H groups in total. The van der Waals surface area contributed by atoms with E-state index in [4.69, 9.17) is 9.47 Å². The van der Waals surface area contributed by atoms with Crippen LogP contribution in [-0.4, -0.2) is 48.0 Å². The molecule has 184 valence electrons. The molecule has 2 aliphatic heterocycles. The first kappa shape index (κ1) is 23.3. The number of imide groups is 1. The van der Waals surface area contributed by atoms with Crippen LogP contribution in [0.15, 0.2) is 18.2 Å². The molecule has 3 fully saturated rings. The van der Waals surface area contributed by atoms with Crippen LogP contribution < -0.4 is 10.1 Å². The highest BCUT2D eigenvalue weighted by molar-refractivity contribution is 6.05. The van der Waals surface area contributed by atoms with Crippen LogP contribution in [0.25, 0.3) is 0 Å². The maximum absolute atomic E-state index is 13.0. The zero-order valence-corrected chi connectivity index (χ0v) is 20.3. The van der Waals surface area contributed by atoms with Crippen LogP contribution in [0.3, 0.4) is 0 Å². The number of piperidine rings is 1. The molecule has 1 aromatic rings. The highest BCUT2D eigenvalue weighted by atomic mass is 16.5. The van der Waals surface area contributed by atoms with E-state index >= 15 is 0 Å². The van der Waals surface area contributed by atoms with E-state index in [1.165, 1.54) is 38.5 Å². The molecule has 4 aliphatic rings. The lowest BCUT2D eigenvalue weighted by atomic mass is 9.72. The van der Waals surface area contributed by atoms with Crippen molar-refractivity contribution >= 4 is 17.7 Å². The number of ether oxygens (including phenoxy) is 2. The molecule has 1 saturated heterocycles. The second kappa shape index (κ2) is 9.68. The first-order valence-corrected chi connectivity index (χ1v) is 12.9. The van der Waals surface area contributed by atoms with Crippen molar-refractivity contribution in [2.75, 3.05) is 7.11 Å². The summed E-state index contributed by atoms with van der Waals surface area (Å²) in [6.07, 6.45) is 9.62. The maximum Gasteiger partial charge on any atom is 0.255 e. The van der Waals surface area contributed by atoms with Crippen molar-refractivity contribution in [2.45, 2.75) is 89.5 Å². The van der Waals surface area contributed by atoms with Gasteiger partial charge in [-0.3, -0.25) is 19.7 Å². The predicted molar refractivity (Wildman–Crippen MR) is 126 cm³/mol. The number of amides is 3. The first-order chi connectivity index (χ1) is 16.5. The summed E-state index contributed by atoms with van der Waals surface area (Å²) in [4.78, 5) is 38.3. The van der Waals surface area contributed by atoms with Crippen LogP contribution in [0, 0.1) is 17.8 Å². The topological polar surface area (TPSA) is 84.9 Å². The summed E-state index contributed by atoms with van der Waals surface area (Å²) in [6.45, 7) is 2.68. The van der Waals surface area contributed by atoms with Gasteiger partial charge in [0.15, 0.2) is 0 Å². The van der Waals surface area contributed by atoms with Crippen LogP contribution >= 0.6 is 0 Å². The largest absolute Gasteiger partial charge is 0.490 e. The third-order valence-electron chi connectivity index (χ3n) is 8.58. The van der Waals surface area contributed by atoms with Gasteiger partial charge in [-0.2, -0.15) is 0 Å². The number of carbonyl (C=O) groups excluding carboxylic acids is 3. The Balaban J connectivity index is 1.23. The fraction of sp³-hybridized carbons (Fsp3) is 0.667. The predicted octanol–water partition coefficient (Wildman–Crippen LogP) is 3.84. The second-order valence-corrected chi connectivity index (χ2v) is 10.6. The molecule has 0 aromatic heterocycles. The van der Waals surface area contributed by atoms with Crippen molar-refractivity contribution in [3.8, 4) is 5.75 Å². The lowest BCUT2D eigenvalue weighted by molar-refractivity contribution is -0.136. The van der Waals surface area contributed by atoms with Gasteiger partial charge in [0.25, 0.3) is 5.91 Å². The number of fused-ring (bicyclic) bond motifs is 1. The molecule has 7 heteroatoms. The number of benzene rings is 1. The Kier molecular flexibility index (Phi) is 6.65. The zero-order chi connectivity index (χ0) is 23.8. The molecule has 5 rings (SSSR count). The third kappa shape index (κ3) is 4.47. The molecule has 34 heavy (non-hydrogen) atoms. The molecule has 4 atom stereocenters. The number of hydrogen-bond donors (Lipinski definition) is 1. The van der Waals surface area contributed by atoms with Crippen molar-refractivity contribution in [1.82, 2.24) is 10.2 Å². The summed E-state index contributed by atoms with van der Waals surface area (Å²) >= 11 is 0. The molecular formula is C27H36N2O5.